The van der Waals surface area contributed by atoms with Crippen molar-refractivity contribution in [3.8, 4) is 5.75 Å². The van der Waals surface area contributed by atoms with Crippen molar-refractivity contribution >= 4 is 28.2 Å². The standard InChI is InChI=1S/C12H10F3N3O2S/c1-6-4-7(19)2-3-8(6)16-10(20)18-11-17-9(5-21-11)12(13,14)15/h2-5,19H,1H3,(H2,16,17,18,20). The number of amides is 2. The van der Waals surface area contributed by atoms with E-state index in [1.807, 2.05) is 0 Å². The number of thiazole rings is 1. The molecule has 21 heavy (non-hydrogen) atoms. The molecular weight excluding hydrogens is 307 g/mol. The van der Waals surface area contributed by atoms with Gasteiger partial charge in [0, 0.05) is 11.1 Å². The van der Waals surface area contributed by atoms with Gasteiger partial charge in [-0.15, -0.1) is 11.3 Å². The summed E-state index contributed by atoms with van der Waals surface area (Å²) in [5.74, 6) is 0.0493. The number of hydrogen-bond acceptors (Lipinski definition) is 4. The number of phenolic OH excluding ortho intramolecular Hbond substituents is 1. The van der Waals surface area contributed by atoms with Crippen LogP contribution in [0.2, 0.25) is 0 Å². The van der Waals surface area contributed by atoms with Crippen molar-refractivity contribution in [1.82, 2.24) is 4.98 Å². The third kappa shape index (κ3) is 3.85. The van der Waals surface area contributed by atoms with E-state index in [2.05, 4.69) is 15.6 Å². The zero-order chi connectivity index (χ0) is 15.6. The summed E-state index contributed by atoms with van der Waals surface area (Å²) in [4.78, 5) is 15.0. The molecule has 0 unspecified atom stereocenters. The summed E-state index contributed by atoms with van der Waals surface area (Å²) in [6.07, 6.45) is -4.54. The van der Waals surface area contributed by atoms with Crippen LogP contribution in [0.3, 0.4) is 0 Å². The number of carbonyl (C=O) groups excluding carboxylic acids is 1. The monoisotopic (exact) mass is 317 g/mol. The summed E-state index contributed by atoms with van der Waals surface area (Å²) in [5, 5.41) is 14.6. The Morgan fingerprint density at radius 2 is 2.05 bits per heavy atom. The van der Waals surface area contributed by atoms with E-state index < -0.39 is 17.9 Å². The number of benzene rings is 1. The third-order valence-electron chi connectivity index (χ3n) is 2.47. The van der Waals surface area contributed by atoms with Crippen molar-refractivity contribution in [2.45, 2.75) is 13.1 Å². The molecule has 3 N–H and O–H groups in total. The molecule has 2 amide bonds. The van der Waals surface area contributed by atoms with Crippen LogP contribution in [0.15, 0.2) is 23.6 Å². The highest BCUT2D eigenvalue weighted by Crippen LogP contribution is 2.31. The molecule has 2 aromatic rings. The zero-order valence-corrected chi connectivity index (χ0v) is 11.5. The SMILES string of the molecule is Cc1cc(O)ccc1NC(=O)Nc1nc(C(F)(F)F)cs1. The van der Waals surface area contributed by atoms with Crippen molar-refractivity contribution in [2.24, 2.45) is 0 Å². The molecule has 0 fully saturated rings. The molecule has 9 heteroatoms. The first-order chi connectivity index (χ1) is 9.75. The molecule has 0 aliphatic carbocycles. The van der Waals surface area contributed by atoms with Crippen LogP contribution in [-0.4, -0.2) is 16.1 Å². The van der Waals surface area contributed by atoms with Gasteiger partial charge >= 0.3 is 12.2 Å². The Bertz CT molecular complexity index is 670. The summed E-state index contributed by atoms with van der Waals surface area (Å²) in [7, 11) is 0. The fraction of sp³-hybridized carbons (Fsp3) is 0.167. The van der Waals surface area contributed by atoms with E-state index >= 15 is 0 Å². The molecule has 2 rings (SSSR count). The lowest BCUT2D eigenvalue weighted by Gasteiger charge is -2.08. The van der Waals surface area contributed by atoms with E-state index in [4.69, 9.17) is 0 Å². The summed E-state index contributed by atoms with van der Waals surface area (Å²) in [6.45, 7) is 1.67. The van der Waals surface area contributed by atoms with Crippen molar-refractivity contribution in [1.29, 1.82) is 0 Å². The summed E-state index contributed by atoms with van der Waals surface area (Å²) >= 11 is 0.679. The van der Waals surface area contributed by atoms with Gasteiger partial charge in [0.2, 0.25) is 0 Å². The number of alkyl halides is 3. The molecule has 0 saturated carbocycles. The number of aromatic hydroxyl groups is 1. The van der Waals surface area contributed by atoms with Crippen LogP contribution < -0.4 is 10.6 Å². The van der Waals surface area contributed by atoms with Crippen LogP contribution in [0.1, 0.15) is 11.3 Å². The maximum atomic E-state index is 12.4. The van der Waals surface area contributed by atoms with E-state index in [0.717, 1.165) is 5.38 Å². The van der Waals surface area contributed by atoms with Gasteiger partial charge in [0.1, 0.15) is 5.75 Å². The van der Waals surface area contributed by atoms with Crippen LogP contribution >= 0.6 is 11.3 Å². The number of aryl methyl sites for hydroxylation is 1. The lowest BCUT2D eigenvalue weighted by atomic mass is 10.2. The van der Waals surface area contributed by atoms with Gasteiger partial charge in [-0.3, -0.25) is 5.32 Å². The second-order valence-corrected chi connectivity index (χ2v) is 4.97. The Labute approximate surface area is 121 Å². The first-order valence-corrected chi connectivity index (χ1v) is 6.54. The van der Waals surface area contributed by atoms with Crippen LogP contribution in [0.5, 0.6) is 5.75 Å². The van der Waals surface area contributed by atoms with E-state index in [0.29, 0.717) is 22.6 Å². The minimum absolute atomic E-state index is 0.0493. The molecule has 0 saturated heterocycles. The fourth-order valence-corrected chi connectivity index (χ4v) is 2.21. The summed E-state index contributed by atoms with van der Waals surface area (Å²) in [6, 6.07) is 3.59. The number of carbonyl (C=O) groups is 1. The van der Waals surface area contributed by atoms with Crippen molar-refractivity contribution < 1.29 is 23.1 Å². The zero-order valence-electron chi connectivity index (χ0n) is 10.7. The van der Waals surface area contributed by atoms with Gasteiger partial charge in [-0.05, 0) is 30.7 Å². The molecule has 112 valence electrons. The molecule has 0 aliphatic rings. The maximum Gasteiger partial charge on any atom is 0.434 e. The van der Waals surface area contributed by atoms with Crippen LogP contribution in [-0.2, 0) is 6.18 Å². The minimum atomic E-state index is -4.54. The lowest BCUT2D eigenvalue weighted by molar-refractivity contribution is -0.140. The molecule has 1 aromatic carbocycles. The Kier molecular flexibility index (Phi) is 4.03. The Balaban J connectivity index is 2.03. The number of nitrogens with zero attached hydrogens (tertiary/aromatic N) is 1. The average molecular weight is 317 g/mol. The number of anilines is 2. The molecular formula is C12H10F3N3O2S. The third-order valence-corrected chi connectivity index (χ3v) is 3.23. The van der Waals surface area contributed by atoms with E-state index in [1.54, 1.807) is 6.92 Å². The largest absolute Gasteiger partial charge is 0.508 e. The van der Waals surface area contributed by atoms with E-state index in [-0.39, 0.29) is 10.9 Å². The number of halogens is 3. The molecule has 5 nitrogen and oxygen atoms in total. The highest BCUT2D eigenvalue weighted by Gasteiger charge is 2.33. The molecule has 0 bridgehead atoms. The Morgan fingerprint density at radius 1 is 1.33 bits per heavy atom. The number of phenols is 1. The van der Waals surface area contributed by atoms with Gasteiger partial charge in [0.15, 0.2) is 10.8 Å². The molecule has 0 aliphatic heterocycles. The molecule has 1 aromatic heterocycles. The smallest absolute Gasteiger partial charge is 0.434 e. The van der Waals surface area contributed by atoms with Crippen molar-refractivity contribution in [2.75, 3.05) is 10.6 Å². The number of nitrogens with one attached hydrogen (secondary N) is 2. The van der Waals surface area contributed by atoms with E-state index in [9.17, 15) is 23.1 Å². The van der Waals surface area contributed by atoms with Gasteiger partial charge in [0.25, 0.3) is 0 Å². The predicted molar refractivity (Wildman–Crippen MR) is 72.6 cm³/mol. The molecule has 1 heterocycles. The lowest BCUT2D eigenvalue weighted by Crippen LogP contribution is -2.20. The minimum Gasteiger partial charge on any atom is -0.508 e. The van der Waals surface area contributed by atoms with Crippen molar-refractivity contribution in [3.05, 3.63) is 34.8 Å². The second-order valence-electron chi connectivity index (χ2n) is 4.11. The molecule has 0 radical (unpaired) electrons. The molecule has 0 atom stereocenters. The Hall–Kier alpha value is -2.29. The van der Waals surface area contributed by atoms with Crippen molar-refractivity contribution in [3.63, 3.8) is 0 Å². The second kappa shape index (κ2) is 5.60. The van der Waals surface area contributed by atoms with Gasteiger partial charge in [-0.2, -0.15) is 13.2 Å². The normalized spacial score (nSPS) is 11.2. The summed E-state index contributed by atoms with van der Waals surface area (Å²) < 4.78 is 37.1. The number of urea groups is 1. The predicted octanol–water partition coefficient (Wildman–Crippen LogP) is 3.82. The van der Waals surface area contributed by atoms with Gasteiger partial charge < -0.3 is 10.4 Å². The first-order valence-electron chi connectivity index (χ1n) is 5.66. The fourth-order valence-electron chi connectivity index (χ4n) is 1.50. The number of aromatic nitrogens is 1. The van der Waals surface area contributed by atoms with Gasteiger partial charge in [0.05, 0.1) is 0 Å². The van der Waals surface area contributed by atoms with Gasteiger partial charge in [-0.1, -0.05) is 0 Å². The number of hydrogen-bond donors (Lipinski definition) is 3. The maximum absolute atomic E-state index is 12.4. The average Bonchev–Trinajstić information content (AvgIpc) is 2.81. The number of rotatable bonds is 2. The van der Waals surface area contributed by atoms with E-state index in [1.165, 1.54) is 18.2 Å². The first kappa shape index (κ1) is 15.1. The highest BCUT2D eigenvalue weighted by molar-refractivity contribution is 7.13. The van der Waals surface area contributed by atoms with Gasteiger partial charge in [-0.25, -0.2) is 9.78 Å². The van der Waals surface area contributed by atoms with Crippen LogP contribution in [0.4, 0.5) is 28.8 Å². The van der Waals surface area contributed by atoms with Crippen LogP contribution in [0.25, 0.3) is 0 Å². The quantitative estimate of drug-likeness (QED) is 0.737. The van der Waals surface area contributed by atoms with Crippen LogP contribution in [0, 0.1) is 6.92 Å². The molecule has 0 spiro atoms. The Morgan fingerprint density at radius 3 is 2.62 bits per heavy atom. The topological polar surface area (TPSA) is 74.2 Å². The highest BCUT2D eigenvalue weighted by atomic mass is 32.1. The summed E-state index contributed by atoms with van der Waals surface area (Å²) in [5.41, 5.74) is -0.0122.